The summed E-state index contributed by atoms with van der Waals surface area (Å²) >= 11 is 6.12. The van der Waals surface area contributed by atoms with E-state index >= 15 is 0 Å². The number of fused-ring (bicyclic) bond motifs is 1. The molecule has 1 unspecified atom stereocenters. The molecule has 1 atom stereocenters. The Bertz CT molecular complexity index is 477. The van der Waals surface area contributed by atoms with Gasteiger partial charge in [-0.3, -0.25) is 0 Å². The van der Waals surface area contributed by atoms with E-state index < -0.39 is 0 Å². The molecule has 2 rings (SSSR count). The van der Waals surface area contributed by atoms with E-state index in [1.807, 2.05) is 25.1 Å². The Hall–Kier alpha value is -1.21. The second-order valence-corrected chi connectivity index (χ2v) is 4.20. The van der Waals surface area contributed by atoms with Gasteiger partial charge in [0.15, 0.2) is 0 Å². The Kier molecular flexibility index (Phi) is 2.83. The predicted octanol–water partition coefficient (Wildman–Crippen LogP) is 4.15. The van der Waals surface area contributed by atoms with Crippen LogP contribution in [0.3, 0.4) is 0 Å². The highest BCUT2D eigenvalue weighted by molar-refractivity contribution is 6.21. The number of ether oxygens (including phenoxy) is 1. The van der Waals surface area contributed by atoms with Gasteiger partial charge in [0, 0.05) is 0 Å². The molecule has 0 aliphatic heterocycles. The highest BCUT2D eigenvalue weighted by Crippen LogP contribution is 2.29. The van der Waals surface area contributed by atoms with Crippen molar-refractivity contribution in [2.45, 2.75) is 12.3 Å². The zero-order valence-electron chi connectivity index (χ0n) is 8.83. The molecule has 2 heteroatoms. The van der Waals surface area contributed by atoms with Gasteiger partial charge >= 0.3 is 0 Å². The molecule has 2 aromatic rings. The summed E-state index contributed by atoms with van der Waals surface area (Å²) in [6.07, 6.45) is 0. The minimum atomic E-state index is 0.0297. The normalized spacial score (nSPS) is 12.7. The predicted molar refractivity (Wildman–Crippen MR) is 64.8 cm³/mol. The molecule has 0 aliphatic rings. The van der Waals surface area contributed by atoms with Crippen molar-refractivity contribution in [2.75, 3.05) is 7.11 Å². The molecule has 0 heterocycles. The van der Waals surface area contributed by atoms with Crippen LogP contribution in [0, 0.1) is 0 Å². The topological polar surface area (TPSA) is 9.23 Å². The van der Waals surface area contributed by atoms with E-state index in [2.05, 4.69) is 18.2 Å². The quantitative estimate of drug-likeness (QED) is 0.691. The average Bonchev–Trinajstić information content (AvgIpc) is 2.27. The zero-order chi connectivity index (χ0) is 10.8. The highest BCUT2D eigenvalue weighted by Gasteiger charge is 2.06. The highest BCUT2D eigenvalue weighted by atomic mass is 35.5. The van der Waals surface area contributed by atoms with Crippen LogP contribution in [0.5, 0.6) is 5.75 Å². The van der Waals surface area contributed by atoms with E-state index in [0.717, 1.165) is 11.3 Å². The van der Waals surface area contributed by atoms with E-state index in [4.69, 9.17) is 16.3 Å². The molecule has 0 N–H and O–H groups in total. The second-order valence-electron chi connectivity index (χ2n) is 3.55. The van der Waals surface area contributed by atoms with Gasteiger partial charge in [0.05, 0.1) is 12.5 Å². The van der Waals surface area contributed by atoms with Crippen LogP contribution in [-0.4, -0.2) is 7.11 Å². The van der Waals surface area contributed by atoms with Crippen molar-refractivity contribution in [2.24, 2.45) is 0 Å². The van der Waals surface area contributed by atoms with E-state index in [-0.39, 0.29) is 5.38 Å². The fraction of sp³-hybridized carbons (Fsp3) is 0.231. The van der Waals surface area contributed by atoms with Crippen LogP contribution in [0.2, 0.25) is 0 Å². The van der Waals surface area contributed by atoms with Crippen molar-refractivity contribution < 1.29 is 4.74 Å². The summed E-state index contributed by atoms with van der Waals surface area (Å²) in [7, 11) is 1.68. The van der Waals surface area contributed by atoms with Crippen LogP contribution in [-0.2, 0) is 0 Å². The van der Waals surface area contributed by atoms with E-state index in [9.17, 15) is 0 Å². The molecule has 2 aromatic carbocycles. The Balaban J connectivity index is 2.67. The number of methoxy groups -OCH3 is 1. The largest absolute Gasteiger partial charge is 0.497 e. The zero-order valence-corrected chi connectivity index (χ0v) is 9.58. The minimum Gasteiger partial charge on any atom is -0.497 e. The second kappa shape index (κ2) is 4.11. The number of benzene rings is 2. The lowest BCUT2D eigenvalue weighted by Gasteiger charge is -2.09. The molecule has 1 nitrogen and oxygen atoms in total. The summed E-state index contributed by atoms with van der Waals surface area (Å²) in [5.41, 5.74) is 1.16. The van der Waals surface area contributed by atoms with Crippen molar-refractivity contribution in [3.63, 3.8) is 0 Å². The van der Waals surface area contributed by atoms with Crippen LogP contribution in [0.4, 0.5) is 0 Å². The summed E-state index contributed by atoms with van der Waals surface area (Å²) in [6.45, 7) is 1.99. The molecule has 0 aromatic heterocycles. The molecule has 0 saturated heterocycles. The third-order valence-corrected chi connectivity index (χ3v) is 2.78. The van der Waals surface area contributed by atoms with Crippen LogP contribution in [0.1, 0.15) is 17.9 Å². The lowest BCUT2D eigenvalue weighted by Crippen LogP contribution is -1.88. The molecule has 78 valence electrons. The summed E-state index contributed by atoms with van der Waals surface area (Å²) in [4.78, 5) is 0. The van der Waals surface area contributed by atoms with Crippen LogP contribution in [0.25, 0.3) is 10.8 Å². The van der Waals surface area contributed by atoms with Crippen molar-refractivity contribution in [1.82, 2.24) is 0 Å². The lowest BCUT2D eigenvalue weighted by molar-refractivity contribution is 0.415. The third kappa shape index (κ3) is 1.93. The smallest absolute Gasteiger partial charge is 0.119 e. The number of rotatable bonds is 2. The van der Waals surface area contributed by atoms with E-state index in [0.29, 0.717) is 0 Å². The summed E-state index contributed by atoms with van der Waals surface area (Å²) in [6, 6.07) is 12.2. The summed E-state index contributed by atoms with van der Waals surface area (Å²) in [5.74, 6) is 0.877. The fourth-order valence-corrected chi connectivity index (χ4v) is 1.95. The van der Waals surface area contributed by atoms with Crippen molar-refractivity contribution >= 4 is 22.4 Å². The molecular formula is C13H13ClO. The van der Waals surface area contributed by atoms with Crippen LogP contribution in [0.15, 0.2) is 36.4 Å². The number of hydrogen-bond donors (Lipinski definition) is 0. The van der Waals surface area contributed by atoms with Gasteiger partial charge in [-0.25, -0.2) is 0 Å². The third-order valence-electron chi connectivity index (χ3n) is 2.55. The van der Waals surface area contributed by atoms with Gasteiger partial charge in [-0.05, 0) is 35.4 Å². The van der Waals surface area contributed by atoms with Gasteiger partial charge in [-0.2, -0.15) is 0 Å². The minimum absolute atomic E-state index is 0.0297. The van der Waals surface area contributed by atoms with Gasteiger partial charge in [-0.1, -0.05) is 24.3 Å². The van der Waals surface area contributed by atoms with E-state index in [1.165, 1.54) is 10.8 Å². The van der Waals surface area contributed by atoms with Crippen LogP contribution >= 0.6 is 11.6 Å². The van der Waals surface area contributed by atoms with Crippen molar-refractivity contribution in [3.8, 4) is 5.75 Å². The molecule has 0 spiro atoms. The maximum absolute atomic E-state index is 6.12. The Morgan fingerprint density at radius 3 is 2.67 bits per heavy atom. The first-order valence-electron chi connectivity index (χ1n) is 4.93. The average molecular weight is 221 g/mol. The van der Waals surface area contributed by atoms with E-state index in [1.54, 1.807) is 7.11 Å². The lowest BCUT2D eigenvalue weighted by atomic mass is 10.0. The van der Waals surface area contributed by atoms with Gasteiger partial charge in [0.25, 0.3) is 0 Å². The molecule has 0 fully saturated rings. The summed E-state index contributed by atoms with van der Waals surface area (Å²) in [5, 5.41) is 2.39. The van der Waals surface area contributed by atoms with Crippen LogP contribution < -0.4 is 4.74 Å². The molecule has 0 bridgehead atoms. The maximum Gasteiger partial charge on any atom is 0.119 e. The van der Waals surface area contributed by atoms with Gasteiger partial charge < -0.3 is 4.74 Å². The molecular weight excluding hydrogens is 208 g/mol. The first kappa shape index (κ1) is 10.3. The fourth-order valence-electron chi connectivity index (χ4n) is 1.76. The number of halogens is 1. The molecule has 0 aliphatic carbocycles. The van der Waals surface area contributed by atoms with Gasteiger partial charge in [0.2, 0.25) is 0 Å². The Morgan fingerprint density at radius 1 is 1.20 bits per heavy atom. The van der Waals surface area contributed by atoms with Gasteiger partial charge in [0.1, 0.15) is 5.75 Å². The number of alkyl halides is 1. The molecule has 15 heavy (non-hydrogen) atoms. The SMILES string of the molecule is COc1ccc2c(C(C)Cl)cccc2c1. The van der Waals surface area contributed by atoms with Crippen molar-refractivity contribution in [1.29, 1.82) is 0 Å². The van der Waals surface area contributed by atoms with Crippen molar-refractivity contribution in [3.05, 3.63) is 42.0 Å². The Labute approximate surface area is 94.6 Å². The first-order chi connectivity index (χ1) is 7.22. The Morgan fingerprint density at radius 2 is 2.00 bits per heavy atom. The molecule has 0 radical (unpaired) electrons. The number of hydrogen-bond acceptors (Lipinski definition) is 1. The maximum atomic E-state index is 6.12. The van der Waals surface area contributed by atoms with Gasteiger partial charge in [-0.15, -0.1) is 11.6 Å². The molecule has 0 saturated carbocycles. The molecule has 0 amide bonds. The monoisotopic (exact) mass is 220 g/mol. The standard InChI is InChI=1S/C13H13ClO/c1-9(14)12-5-3-4-10-8-11(15-2)6-7-13(10)12/h3-9H,1-2H3. The summed E-state index contributed by atoms with van der Waals surface area (Å²) < 4.78 is 5.19. The first-order valence-corrected chi connectivity index (χ1v) is 5.37.